The molecule has 0 saturated carbocycles. The van der Waals surface area contributed by atoms with Crippen molar-refractivity contribution in [3.8, 4) is 5.75 Å². The van der Waals surface area contributed by atoms with E-state index in [1.165, 1.54) is 12.1 Å². The van der Waals surface area contributed by atoms with E-state index < -0.39 is 18.4 Å². The molecule has 0 fully saturated rings. The van der Waals surface area contributed by atoms with Crippen LogP contribution in [0.3, 0.4) is 0 Å². The molecule has 21 heavy (non-hydrogen) atoms. The first-order valence-corrected chi connectivity index (χ1v) is 6.54. The van der Waals surface area contributed by atoms with Crippen LogP contribution in [0.4, 0.5) is 13.2 Å². The molecule has 1 atom stereocenters. The molecular formula is C14H16F3NO3. The van der Waals surface area contributed by atoms with Crippen LogP contribution in [0.5, 0.6) is 5.75 Å². The summed E-state index contributed by atoms with van der Waals surface area (Å²) in [5.41, 5.74) is -1.69. The average molecular weight is 303 g/mol. The Morgan fingerprint density at radius 3 is 2.76 bits per heavy atom. The Kier molecular flexibility index (Phi) is 4.13. The van der Waals surface area contributed by atoms with Crippen LogP contribution < -0.4 is 10.1 Å². The molecule has 0 aliphatic carbocycles. The quantitative estimate of drug-likeness (QED) is 0.898. The fraction of sp³-hybridized carbons (Fsp3) is 0.500. The van der Waals surface area contributed by atoms with Gasteiger partial charge in [-0.1, -0.05) is 0 Å². The molecule has 1 aromatic rings. The zero-order chi connectivity index (χ0) is 15.7. The molecule has 1 aromatic carbocycles. The summed E-state index contributed by atoms with van der Waals surface area (Å²) in [5, 5.41) is 12.1. The number of amides is 1. The van der Waals surface area contributed by atoms with Crippen molar-refractivity contribution >= 4 is 5.91 Å². The van der Waals surface area contributed by atoms with Gasteiger partial charge in [0.2, 0.25) is 0 Å². The summed E-state index contributed by atoms with van der Waals surface area (Å²) in [6.45, 7) is 0.317. The molecule has 2 rings (SSSR count). The number of benzene rings is 1. The largest absolute Gasteiger partial charge is 0.490 e. The number of aliphatic hydroxyl groups is 1. The summed E-state index contributed by atoms with van der Waals surface area (Å²) in [4.78, 5) is 11.7. The van der Waals surface area contributed by atoms with Crippen LogP contribution in [0, 0.1) is 0 Å². The molecule has 0 bridgehead atoms. The van der Waals surface area contributed by atoms with Crippen molar-refractivity contribution in [2.75, 3.05) is 13.2 Å². The minimum Gasteiger partial charge on any atom is -0.490 e. The molecule has 7 heteroatoms. The highest BCUT2D eigenvalue weighted by atomic mass is 19.4. The van der Waals surface area contributed by atoms with E-state index in [2.05, 4.69) is 5.32 Å². The summed E-state index contributed by atoms with van der Waals surface area (Å²) < 4.78 is 42.6. The molecule has 0 radical (unpaired) electrons. The minimum absolute atomic E-state index is 0.198. The van der Waals surface area contributed by atoms with Gasteiger partial charge in [-0.3, -0.25) is 4.79 Å². The van der Waals surface area contributed by atoms with Crippen LogP contribution in [0.15, 0.2) is 18.2 Å². The fourth-order valence-corrected chi connectivity index (χ4v) is 1.97. The lowest BCUT2D eigenvalue weighted by atomic mass is 10.0. The lowest BCUT2D eigenvalue weighted by Gasteiger charge is -2.26. The second-order valence-corrected chi connectivity index (χ2v) is 5.24. The molecule has 0 saturated heterocycles. The standard InChI is InChI=1S/C14H16F3NO3/c1-13(20,14(15,16)17)8-21-10-4-5-11-9(7-10)3-2-6-18-12(11)19/h4-5,7,20H,2-3,6,8H2,1H3,(H,18,19)/t13-/m0/s1. The highest BCUT2D eigenvalue weighted by molar-refractivity contribution is 5.96. The van der Waals surface area contributed by atoms with Gasteiger partial charge in [-0.2, -0.15) is 13.2 Å². The van der Waals surface area contributed by atoms with Gasteiger partial charge in [0.25, 0.3) is 5.91 Å². The van der Waals surface area contributed by atoms with Crippen LogP contribution in [0.25, 0.3) is 0 Å². The number of fused-ring (bicyclic) bond motifs is 1. The summed E-state index contributed by atoms with van der Waals surface area (Å²) >= 11 is 0. The molecule has 0 spiro atoms. The van der Waals surface area contributed by atoms with Crippen molar-refractivity contribution in [1.29, 1.82) is 0 Å². The summed E-state index contributed by atoms with van der Waals surface area (Å²) in [6.07, 6.45) is -3.37. The number of ether oxygens (including phenoxy) is 1. The van der Waals surface area contributed by atoms with E-state index in [9.17, 15) is 23.1 Å². The van der Waals surface area contributed by atoms with Gasteiger partial charge in [-0.15, -0.1) is 0 Å². The SMILES string of the molecule is C[C@](O)(COc1ccc2c(c1)CCCNC2=O)C(F)(F)F. The molecule has 0 aromatic heterocycles. The van der Waals surface area contributed by atoms with Gasteiger partial charge >= 0.3 is 6.18 Å². The topological polar surface area (TPSA) is 58.6 Å². The number of aryl methyl sites for hydroxylation is 1. The zero-order valence-corrected chi connectivity index (χ0v) is 11.5. The number of carbonyl (C=O) groups is 1. The van der Waals surface area contributed by atoms with Crippen molar-refractivity contribution in [2.24, 2.45) is 0 Å². The number of halogens is 3. The van der Waals surface area contributed by atoms with Gasteiger partial charge < -0.3 is 15.2 Å². The lowest BCUT2D eigenvalue weighted by molar-refractivity contribution is -0.260. The Hall–Kier alpha value is -1.76. The monoisotopic (exact) mass is 303 g/mol. The fourth-order valence-electron chi connectivity index (χ4n) is 1.97. The molecular weight excluding hydrogens is 287 g/mol. The maximum absolute atomic E-state index is 12.5. The Bertz CT molecular complexity index is 541. The smallest absolute Gasteiger partial charge is 0.420 e. The summed E-state index contributed by atoms with van der Waals surface area (Å²) in [6, 6.07) is 4.50. The Morgan fingerprint density at radius 1 is 1.38 bits per heavy atom. The predicted octanol–water partition coefficient (Wildman–Crippen LogP) is 2.05. The number of hydrogen-bond acceptors (Lipinski definition) is 3. The van der Waals surface area contributed by atoms with Crippen molar-refractivity contribution in [2.45, 2.75) is 31.5 Å². The van der Waals surface area contributed by atoms with E-state index >= 15 is 0 Å². The average Bonchev–Trinajstić information content (AvgIpc) is 2.57. The van der Waals surface area contributed by atoms with Gasteiger partial charge in [0, 0.05) is 12.1 Å². The van der Waals surface area contributed by atoms with Crippen molar-refractivity contribution in [3.63, 3.8) is 0 Å². The summed E-state index contributed by atoms with van der Waals surface area (Å²) in [7, 11) is 0. The highest BCUT2D eigenvalue weighted by Crippen LogP contribution is 2.31. The number of carbonyl (C=O) groups excluding carboxylic acids is 1. The number of nitrogens with one attached hydrogen (secondary N) is 1. The highest BCUT2D eigenvalue weighted by Gasteiger charge is 2.50. The molecule has 1 aliphatic heterocycles. The second kappa shape index (κ2) is 5.55. The van der Waals surface area contributed by atoms with E-state index in [-0.39, 0.29) is 11.7 Å². The number of hydrogen-bond donors (Lipinski definition) is 2. The lowest BCUT2D eigenvalue weighted by Crippen LogP contribution is -2.47. The first kappa shape index (κ1) is 15.6. The Labute approximate surface area is 119 Å². The normalized spacial score (nSPS) is 18.2. The Morgan fingerprint density at radius 2 is 2.10 bits per heavy atom. The number of alkyl halides is 3. The van der Waals surface area contributed by atoms with E-state index in [0.29, 0.717) is 25.5 Å². The van der Waals surface area contributed by atoms with E-state index in [1.54, 1.807) is 6.07 Å². The molecule has 1 heterocycles. The van der Waals surface area contributed by atoms with Crippen LogP contribution in [-0.4, -0.2) is 35.9 Å². The third-order valence-electron chi connectivity index (χ3n) is 3.36. The third kappa shape index (κ3) is 3.47. The molecule has 1 aliphatic rings. The maximum Gasteiger partial charge on any atom is 0.420 e. The molecule has 1 amide bonds. The van der Waals surface area contributed by atoms with Gasteiger partial charge in [-0.25, -0.2) is 0 Å². The molecule has 0 unspecified atom stereocenters. The zero-order valence-electron chi connectivity index (χ0n) is 11.5. The van der Waals surface area contributed by atoms with Crippen LogP contribution in [-0.2, 0) is 6.42 Å². The Balaban J connectivity index is 2.13. The first-order valence-electron chi connectivity index (χ1n) is 6.54. The van der Waals surface area contributed by atoms with Crippen molar-refractivity contribution < 1.29 is 27.8 Å². The van der Waals surface area contributed by atoms with E-state index in [1.807, 2.05) is 0 Å². The van der Waals surface area contributed by atoms with Gasteiger partial charge in [0.05, 0.1) is 0 Å². The second-order valence-electron chi connectivity index (χ2n) is 5.24. The summed E-state index contributed by atoms with van der Waals surface area (Å²) in [5.74, 6) is 0.00399. The molecule has 116 valence electrons. The van der Waals surface area contributed by atoms with Crippen LogP contribution in [0.2, 0.25) is 0 Å². The molecule has 4 nitrogen and oxygen atoms in total. The minimum atomic E-state index is -4.77. The maximum atomic E-state index is 12.5. The molecule has 2 N–H and O–H groups in total. The van der Waals surface area contributed by atoms with Gasteiger partial charge in [0.1, 0.15) is 12.4 Å². The number of rotatable bonds is 3. The van der Waals surface area contributed by atoms with Crippen molar-refractivity contribution in [3.05, 3.63) is 29.3 Å². The van der Waals surface area contributed by atoms with E-state index in [0.717, 1.165) is 12.0 Å². The van der Waals surface area contributed by atoms with Crippen LogP contribution >= 0.6 is 0 Å². The third-order valence-corrected chi connectivity index (χ3v) is 3.36. The van der Waals surface area contributed by atoms with Crippen LogP contribution in [0.1, 0.15) is 29.3 Å². The van der Waals surface area contributed by atoms with Crippen molar-refractivity contribution in [1.82, 2.24) is 5.32 Å². The van der Waals surface area contributed by atoms with Gasteiger partial charge in [-0.05, 0) is 43.5 Å². The van der Waals surface area contributed by atoms with E-state index in [4.69, 9.17) is 4.74 Å². The predicted molar refractivity (Wildman–Crippen MR) is 69.3 cm³/mol. The van der Waals surface area contributed by atoms with Gasteiger partial charge in [0.15, 0.2) is 5.60 Å². The first-order chi connectivity index (χ1) is 9.71.